The third kappa shape index (κ3) is 4.99. The molecule has 0 atom stereocenters. The summed E-state index contributed by atoms with van der Waals surface area (Å²) in [5, 5.41) is 25.7. The van der Waals surface area contributed by atoms with Gasteiger partial charge < -0.3 is 20.1 Å². The van der Waals surface area contributed by atoms with Crippen LogP contribution in [0.2, 0.25) is 0 Å². The van der Waals surface area contributed by atoms with Gasteiger partial charge in [0.15, 0.2) is 0 Å². The number of rotatable bonds is 1. The molecule has 0 fully saturated rings. The van der Waals surface area contributed by atoms with Gasteiger partial charge in [0.1, 0.15) is 0 Å². The van der Waals surface area contributed by atoms with Crippen LogP contribution in [0.4, 0.5) is 0 Å². The Hall–Kier alpha value is -1.84. The SMILES string of the molecule is COC(O)=C1C=CC=C1.OC(O)=C1C=CC=C1.[Fe]. The maximum absolute atomic E-state index is 8.91. The number of methoxy groups -OCH3 is 1. The van der Waals surface area contributed by atoms with Gasteiger partial charge in [0.2, 0.25) is 0 Å². The van der Waals surface area contributed by atoms with E-state index in [-0.39, 0.29) is 23.0 Å². The largest absolute Gasteiger partial charge is 0.481 e. The second kappa shape index (κ2) is 8.28. The van der Waals surface area contributed by atoms with Gasteiger partial charge in [0.05, 0.1) is 18.3 Å². The molecule has 18 heavy (non-hydrogen) atoms. The first-order chi connectivity index (χ1) is 8.15. The minimum atomic E-state index is -0.616. The molecule has 0 bridgehead atoms. The second-order valence-corrected chi connectivity index (χ2v) is 3.18. The van der Waals surface area contributed by atoms with E-state index in [0.717, 1.165) is 5.57 Å². The van der Waals surface area contributed by atoms with Crippen molar-refractivity contribution in [1.29, 1.82) is 0 Å². The fourth-order valence-corrected chi connectivity index (χ4v) is 1.16. The zero-order chi connectivity index (χ0) is 12.7. The Labute approximate surface area is 116 Å². The maximum Gasteiger partial charge on any atom is 0.283 e. The molecule has 0 unspecified atom stereocenters. The summed E-state index contributed by atoms with van der Waals surface area (Å²) in [5.74, 6) is -0.644. The van der Waals surface area contributed by atoms with Crippen LogP contribution in [0.1, 0.15) is 0 Å². The van der Waals surface area contributed by atoms with Crippen molar-refractivity contribution in [1.82, 2.24) is 0 Å². The van der Waals surface area contributed by atoms with E-state index in [0.29, 0.717) is 5.57 Å². The fourth-order valence-electron chi connectivity index (χ4n) is 1.16. The molecule has 0 radical (unpaired) electrons. The minimum Gasteiger partial charge on any atom is -0.481 e. The molecule has 0 heterocycles. The molecule has 0 amide bonds. The van der Waals surface area contributed by atoms with Crippen molar-refractivity contribution in [2.45, 2.75) is 0 Å². The predicted octanol–water partition coefficient (Wildman–Crippen LogP) is 2.97. The van der Waals surface area contributed by atoms with Gasteiger partial charge in [0.25, 0.3) is 11.9 Å². The summed E-state index contributed by atoms with van der Waals surface area (Å²) in [6.45, 7) is 0. The normalized spacial score (nSPS) is 14.1. The van der Waals surface area contributed by atoms with Crippen molar-refractivity contribution in [3.05, 3.63) is 71.6 Å². The van der Waals surface area contributed by atoms with Crippen molar-refractivity contribution >= 4 is 0 Å². The summed E-state index contributed by atoms with van der Waals surface area (Å²) in [5.41, 5.74) is 1.18. The summed E-state index contributed by atoms with van der Waals surface area (Å²) in [4.78, 5) is 0. The van der Waals surface area contributed by atoms with Gasteiger partial charge in [-0.25, -0.2) is 0 Å². The van der Waals surface area contributed by atoms with Gasteiger partial charge >= 0.3 is 0 Å². The Bertz CT molecular complexity index is 422. The molecule has 0 saturated heterocycles. The van der Waals surface area contributed by atoms with Gasteiger partial charge in [-0.2, -0.15) is 0 Å². The van der Waals surface area contributed by atoms with Gasteiger partial charge in [-0.05, 0) is 24.3 Å². The Kier molecular flexibility index (Phi) is 7.43. The van der Waals surface area contributed by atoms with E-state index >= 15 is 0 Å². The molecule has 2 aliphatic rings. The monoisotopic (exact) mass is 290 g/mol. The first kappa shape index (κ1) is 16.2. The molecule has 2 aliphatic carbocycles. The molecule has 0 saturated carbocycles. The number of hydrogen-bond acceptors (Lipinski definition) is 4. The van der Waals surface area contributed by atoms with E-state index in [1.807, 2.05) is 12.2 Å². The smallest absolute Gasteiger partial charge is 0.283 e. The molecule has 2 rings (SSSR count). The average molecular weight is 290 g/mol. The molecule has 0 aromatic carbocycles. The van der Waals surface area contributed by atoms with E-state index in [2.05, 4.69) is 4.74 Å². The van der Waals surface area contributed by atoms with E-state index < -0.39 is 5.95 Å². The van der Waals surface area contributed by atoms with Crippen molar-refractivity contribution in [2.24, 2.45) is 0 Å². The zero-order valence-electron chi connectivity index (χ0n) is 9.72. The third-order valence-corrected chi connectivity index (χ3v) is 2.02. The minimum absolute atomic E-state index is 0. The Balaban J connectivity index is 0.000000306. The van der Waals surface area contributed by atoms with Crippen LogP contribution < -0.4 is 0 Å². The van der Waals surface area contributed by atoms with Crippen molar-refractivity contribution in [2.75, 3.05) is 7.11 Å². The van der Waals surface area contributed by atoms with Crippen LogP contribution in [0, 0.1) is 0 Å². The average Bonchev–Trinajstić information content (AvgIpc) is 3.01. The Morgan fingerprint density at radius 1 is 0.833 bits per heavy atom. The molecule has 0 spiro atoms. The van der Waals surface area contributed by atoms with E-state index in [9.17, 15) is 0 Å². The summed E-state index contributed by atoms with van der Waals surface area (Å²) in [6, 6.07) is 0. The molecule has 98 valence electrons. The summed E-state index contributed by atoms with van der Waals surface area (Å²) < 4.78 is 4.57. The van der Waals surface area contributed by atoms with Gasteiger partial charge in [-0.1, -0.05) is 24.3 Å². The van der Waals surface area contributed by atoms with E-state index in [1.54, 1.807) is 36.5 Å². The summed E-state index contributed by atoms with van der Waals surface area (Å²) in [6.07, 6.45) is 13.9. The van der Waals surface area contributed by atoms with Gasteiger partial charge in [0, 0.05) is 17.1 Å². The van der Waals surface area contributed by atoms with Crippen molar-refractivity contribution in [3.63, 3.8) is 0 Å². The molecule has 3 N–H and O–H groups in total. The van der Waals surface area contributed by atoms with Crippen LogP contribution >= 0.6 is 0 Å². The molecule has 0 aliphatic heterocycles. The standard InChI is InChI=1S/C7H8O2.C6H6O2.Fe/c1-9-7(8)6-4-2-3-5-6;7-6(8)5-3-1-2-4-5;/h2-5,8H,1H3;1-4,7-8H;. The Morgan fingerprint density at radius 2 is 1.22 bits per heavy atom. The number of aliphatic hydroxyl groups is 3. The first-order valence-electron chi connectivity index (χ1n) is 4.94. The molecular weight excluding hydrogens is 276 g/mol. The van der Waals surface area contributed by atoms with Crippen LogP contribution in [0.5, 0.6) is 0 Å². The van der Waals surface area contributed by atoms with Crippen molar-refractivity contribution in [3.8, 4) is 0 Å². The second-order valence-electron chi connectivity index (χ2n) is 3.18. The van der Waals surface area contributed by atoms with Crippen molar-refractivity contribution < 1.29 is 37.1 Å². The molecule has 0 aromatic rings. The molecule has 5 heteroatoms. The topological polar surface area (TPSA) is 69.9 Å². The van der Waals surface area contributed by atoms with Crippen LogP contribution in [-0.2, 0) is 21.8 Å². The predicted molar refractivity (Wildman–Crippen MR) is 65.5 cm³/mol. The summed E-state index contributed by atoms with van der Waals surface area (Å²) >= 11 is 0. The van der Waals surface area contributed by atoms with Gasteiger partial charge in [-0.15, -0.1) is 0 Å². The van der Waals surface area contributed by atoms with Crippen LogP contribution in [0.3, 0.4) is 0 Å². The van der Waals surface area contributed by atoms with E-state index in [4.69, 9.17) is 15.3 Å². The van der Waals surface area contributed by atoms with Crippen LogP contribution in [0.15, 0.2) is 71.6 Å². The summed E-state index contributed by atoms with van der Waals surface area (Å²) in [7, 11) is 1.43. The number of allylic oxidation sites excluding steroid dienone is 10. The molecule has 4 nitrogen and oxygen atoms in total. The number of hydrogen-bond donors (Lipinski definition) is 3. The molecular formula is C13H14FeO4. The number of aliphatic hydroxyl groups excluding tert-OH is 2. The third-order valence-electron chi connectivity index (χ3n) is 2.02. The zero-order valence-corrected chi connectivity index (χ0v) is 10.8. The van der Waals surface area contributed by atoms with Gasteiger partial charge in [-0.3, -0.25) is 0 Å². The number of ether oxygens (including phenoxy) is 1. The maximum atomic E-state index is 8.91. The molecule has 0 aromatic heterocycles. The fraction of sp³-hybridized carbons (Fsp3) is 0.0769. The van der Waals surface area contributed by atoms with Crippen LogP contribution in [0.25, 0.3) is 0 Å². The first-order valence-corrected chi connectivity index (χ1v) is 4.94. The Morgan fingerprint density at radius 3 is 1.50 bits per heavy atom. The quantitative estimate of drug-likeness (QED) is 0.513. The van der Waals surface area contributed by atoms with Crippen LogP contribution in [-0.4, -0.2) is 22.4 Å². The van der Waals surface area contributed by atoms with E-state index in [1.165, 1.54) is 7.11 Å².